The summed E-state index contributed by atoms with van der Waals surface area (Å²) in [5.41, 5.74) is 0.524. The van der Waals surface area contributed by atoms with Crippen LogP contribution in [-0.2, 0) is 6.54 Å². The van der Waals surface area contributed by atoms with E-state index in [0.29, 0.717) is 24.1 Å². The van der Waals surface area contributed by atoms with Crippen molar-refractivity contribution in [2.75, 3.05) is 5.32 Å². The van der Waals surface area contributed by atoms with Gasteiger partial charge in [-0.15, -0.1) is 0 Å². The SMILES string of the molecule is CC1CC1c1ccc(CNc2ccccc2OC(F)F)o1. The topological polar surface area (TPSA) is 34.4 Å². The van der Waals surface area contributed by atoms with Crippen LogP contribution in [0.5, 0.6) is 5.75 Å². The highest BCUT2D eigenvalue weighted by Crippen LogP contribution is 2.47. The van der Waals surface area contributed by atoms with Gasteiger partial charge in [0.15, 0.2) is 0 Å². The van der Waals surface area contributed by atoms with Crippen molar-refractivity contribution in [1.82, 2.24) is 0 Å². The van der Waals surface area contributed by atoms with Gasteiger partial charge in [-0.2, -0.15) is 8.78 Å². The first kappa shape index (κ1) is 13.9. The van der Waals surface area contributed by atoms with Crippen molar-refractivity contribution in [1.29, 1.82) is 0 Å². The van der Waals surface area contributed by atoms with Crippen molar-refractivity contribution in [2.45, 2.75) is 32.4 Å². The standard InChI is InChI=1S/C16H17F2NO2/c1-10-8-12(10)14-7-6-11(20-14)9-19-13-4-2-3-5-15(13)21-16(17)18/h2-7,10,12,16,19H,8-9H2,1H3. The Bertz CT molecular complexity index is 612. The first-order chi connectivity index (χ1) is 10.1. The molecular weight excluding hydrogens is 276 g/mol. The predicted octanol–water partition coefficient (Wildman–Crippen LogP) is 4.62. The molecule has 1 aromatic heterocycles. The number of nitrogens with one attached hydrogen (secondary N) is 1. The summed E-state index contributed by atoms with van der Waals surface area (Å²) in [6.45, 7) is -0.201. The van der Waals surface area contributed by atoms with E-state index in [1.807, 2.05) is 12.1 Å². The highest BCUT2D eigenvalue weighted by molar-refractivity contribution is 5.56. The summed E-state index contributed by atoms with van der Waals surface area (Å²) in [5, 5.41) is 3.07. The van der Waals surface area contributed by atoms with Gasteiger partial charge in [-0.25, -0.2) is 0 Å². The molecular formula is C16H17F2NO2. The molecule has 0 amide bonds. The third-order valence-electron chi connectivity index (χ3n) is 3.71. The largest absolute Gasteiger partial charge is 0.464 e. The molecule has 1 aromatic carbocycles. The number of alkyl halides is 2. The molecule has 21 heavy (non-hydrogen) atoms. The van der Waals surface area contributed by atoms with Gasteiger partial charge in [0.2, 0.25) is 0 Å². The lowest BCUT2D eigenvalue weighted by molar-refractivity contribution is -0.0493. The summed E-state index contributed by atoms with van der Waals surface area (Å²) >= 11 is 0. The lowest BCUT2D eigenvalue weighted by Crippen LogP contribution is -2.06. The predicted molar refractivity (Wildman–Crippen MR) is 75.6 cm³/mol. The van der Waals surface area contributed by atoms with Crippen LogP contribution in [0.2, 0.25) is 0 Å². The van der Waals surface area contributed by atoms with Crippen LogP contribution in [0.1, 0.15) is 30.8 Å². The first-order valence-corrected chi connectivity index (χ1v) is 7.00. The molecule has 2 unspecified atom stereocenters. The third kappa shape index (κ3) is 3.35. The molecule has 1 aliphatic carbocycles. The molecule has 1 N–H and O–H groups in total. The molecule has 2 aromatic rings. The van der Waals surface area contributed by atoms with Gasteiger partial charge in [0.1, 0.15) is 17.3 Å². The minimum absolute atomic E-state index is 0.134. The first-order valence-electron chi connectivity index (χ1n) is 7.00. The summed E-state index contributed by atoms with van der Waals surface area (Å²) in [5.74, 6) is 3.16. The zero-order valence-electron chi connectivity index (χ0n) is 11.7. The van der Waals surface area contributed by atoms with E-state index in [4.69, 9.17) is 4.42 Å². The fourth-order valence-electron chi connectivity index (χ4n) is 2.40. The zero-order valence-corrected chi connectivity index (χ0v) is 11.7. The van der Waals surface area contributed by atoms with Crippen LogP contribution in [0.4, 0.5) is 14.5 Å². The van der Waals surface area contributed by atoms with E-state index in [1.54, 1.807) is 18.2 Å². The van der Waals surface area contributed by atoms with Crippen LogP contribution in [0, 0.1) is 5.92 Å². The second-order valence-corrected chi connectivity index (χ2v) is 5.35. The molecule has 5 heteroatoms. The van der Waals surface area contributed by atoms with Gasteiger partial charge in [0.05, 0.1) is 12.2 Å². The number of anilines is 1. The Morgan fingerprint density at radius 1 is 1.29 bits per heavy atom. The molecule has 1 heterocycles. The quantitative estimate of drug-likeness (QED) is 0.844. The van der Waals surface area contributed by atoms with Gasteiger partial charge < -0.3 is 14.5 Å². The van der Waals surface area contributed by atoms with Crippen molar-refractivity contribution in [3.8, 4) is 5.75 Å². The van der Waals surface area contributed by atoms with Crippen LogP contribution in [0.25, 0.3) is 0 Å². The van der Waals surface area contributed by atoms with Gasteiger partial charge in [0, 0.05) is 5.92 Å². The molecule has 0 aliphatic heterocycles. The van der Waals surface area contributed by atoms with E-state index < -0.39 is 6.61 Å². The van der Waals surface area contributed by atoms with E-state index in [2.05, 4.69) is 17.0 Å². The summed E-state index contributed by atoms with van der Waals surface area (Å²) in [6.07, 6.45) is 1.17. The molecule has 0 spiro atoms. The smallest absolute Gasteiger partial charge is 0.387 e. The van der Waals surface area contributed by atoms with Crippen LogP contribution >= 0.6 is 0 Å². The molecule has 2 atom stereocenters. The molecule has 1 fully saturated rings. The van der Waals surface area contributed by atoms with Crippen molar-refractivity contribution in [2.24, 2.45) is 5.92 Å². The van der Waals surface area contributed by atoms with E-state index in [9.17, 15) is 8.78 Å². The Hall–Kier alpha value is -2.04. The minimum atomic E-state index is -2.83. The number of para-hydroxylation sites is 2. The van der Waals surface area contributed by atoms with Crippen molar-refractivity contribution < 1.29 is 17.9 Å². The number of ether oxygens (including phenoxy) is 1. The Morgan fingerprint density at radius 3 is 2.76 bits per heavy atom. The monoisotopic (exact) mass is 293 g/mol. The van der Waals surface area contributed by atoms with Crippen molar-refractivity contribution >= 4 is 5.69 Å². The highest BCUT2D eigenvalue weighted by Gasteiger charge is 2.36. The van der Waals surface area contributed by atoms with Crippen LogP contribution in [0.3, 0.4) is 0 Å². The highest BCUT2D eigenvalue weighted by atomic mass is 19.3. The molecule has 1 aliphatic rings. The average Bonchev–Trinajstić information content (AvgIpc) is 3.00. The van der Waals surface area contributed by atoms with Crippen LogP contribution < -0.4 is 10.1 Å². The second-order valence-electron chi connectivity index (χ2n) is 5.35. The van der Waals surface area contributed by atoms with Gasteiger partial charge in [0.25, 0.3) is 0 Å². The number of benzene rings is 1. The number of rotatable bonds is 6. The third-order valence-corrected chi connectivity index (χ3v) is 3.71. The Kier molecular flexibility index (Phi) is 3.82. The van der Waals surface area contributed by atoms with Gasteiger partial charge in [-0.05, 0) is 36.6 Å². The van der Waals surface area contributed by atoms with E-state index in [0.717, 1.165) is 11.5 Å². The number of halogens is 2. The summed E-state index contributed by atoms with van der Waals surface area (Å²) in [4.78, 5) is 0. The summed E-state index contributed by atoms with van der Waals surface area (Å²) in [6, 6.07) is 10.5. The minimum Gasteiger partial charge on any atom is -0.464 e. The van der Waals surface area contributed by atoms with Gasteiger partial charge in [-0.3, -0.25) is 0 Å². The van der Waals surface area contributed by atoms with Crippen molar-refractivity contribution in [3.63, 3.8) is 0 Å². The molecule has 0 radical (unpaired) electrons. The molecule has 3 nitrogen and oxygen atoms in total. The Labute approximate surface area is 121 Å². The van der Waals surface area contributed by atoms with Gasteiger partial charge in [-0.1, -0.05) is 19.1 Å². The van der Waals surface area contributed by atoms with E-state index in [1.165, 1.54) is 12.5 Å². The average molecular weight is 293 g/mol. The van der Waals surface area contributed by atoms with Crippen molar-refractivity contribution in [3.05, 3.63) is 47.9 Å². The lowest BCUT2D eigenvalue weighted by Gasteiger charge is -2.11. The summed E-state index contributed by atoms with van der Waals surface area (Å²) < 4.78 is 34.9. The molecule has 3 rings (SSSR count). The van der Waals surface area contributed by atoms with Crippen LogP contribution in [-0.4, -0.2) is 6.61 Å². The van der Waals surface area contributed by atoms with E-state index in [-0.39, 0.29) is 5.75 Å². The second kappa shape index (κ2) is 5.76. The maximum absolute atomic E-state index is 12.3. The maximum Gasteiger partial charge on any atom is 0.387 e. The molecule has 112 valence electrons. The Morgan fingerprint density at radius 2 is 2.05 bits per heavy atom. The fraction of sp³-hybridized carbons (Fsp3) is 0.375. The molecule has 0 bridgehead atoms. The Balaban J connectivity index is 1.63. The normalized spacial score (nSPS) is 20.6. The van der Waals surface area contributed by atoms with Crippen LogP contribution in [0.15, 0.2) is 40.8 Å². The lowest BCUT2D eigenvalue weighted by atomic mass is 10.2. The maximum atomic E-state index is 12.3. The number of hydrogen-bond donors (Lipinski definition) is 1. The fourth-order valence-corrected chi connectivity index (χ4v) is 2.40. The molecule has 0 saturated heterocycles. The van der Waals surface area contributed by atoms with Gasteiger partial charge >= 0.3 is 6.61 Å². The number of hydrogen-bond acceptors (Lipinski definition) is 3. The summed E-state index contributed by atoms with van der Waals surface area (Å²) in [7, 11) is 0. The number of furan rings is 1. The zero-order chi connectivity index (χ0) is 14.8. The van der Waals surface area contributed by atoms with E-state index >= 15 is 0 Å². The molecule has 1 saturated carbocycles.